The lowest BCUT2D eigenvalue weighted by molar-refractivity contribution is 0.185. The van der Waals surface area contributed by atoms with Crippen LogP contribution in [0.25, 0.3) is 33.3 Å². The highest BCUT2D eigenvalue weighted by atomic mass is 16.5. The van der Waals surface area contributed by atoms with Crippen molar-refractivity contribution < 1.29 is 4.52 Å². The fourth-order valence-corrected chi connectivity index (χ4v) is 5.43. The molecule has 0 atom stereocenters. The van der Waals surface area contributed by atoms with Gasteiger partial charge in [-0.05, 0) is 55.7 Å². The molecule has 5 rings (SSSR count). The van der Waals surface area contributed by atoms with Crippen LogP contribution in [0.15, 0.2) is 47.2 Å². The molecule has 1 fully saturated rings. The summed E-state index contributed by atoms with van der Waals surface area (Å²) < 4.78 is 7.90. The lowest BCUT2D eigenvalue weighted by Gasteiger charge is -2.34. The third kappa shape index (κ3) is 3.76. The average molecular weight is 428 g/mol. The average Bonchev–Trinajstić information content (AvgIpc) is 3.33. The molecule has 0 radical (unpaired) electrons. The first-order valence-corrected chi connectivity index (χ1v) is 12.0. The number of benzene rings is 1. The fourth-order valence-electron chi connectivity index (χ4n) is 5.43. The highest BCUT2D eigenvalue weighted by Crippen LogP contribution is 2.40. The van der Waals surface area contributed by atoms with Crippen molar-refractivity contribution in [1.29, 1.82) is 0 Å². The minimum atomic E-state index is 0.340. The quantitative estimate of drug-likeness (QED) is 0.331. The van der Waals surface area contributed by atoms with Gasteiger partial charge in [-0.1, -0.05) is 62.5 Å². The second-order valence-electron chi connectivity index (χ2n) is 9.88. The maximum absolute atomic E-state index is 5.44. The second kappa shape index (κ2) is 8.23. The Hall–Kier alpha value is -2.88. The van der Waals surface area contributed by atoms with Crippen LogP contribution in [0.3, 0.4) is 0 Å². The molecule has 32 heavy (non-hydrogen) atoms. The largest absolute Gasteiger partial charge is 0.361 e. The molecular formula is C28H33N3O. The highest BCUT2D eigenvalue weighted by molar-refractivity contribution is 5.95. The molecule has 1 aromatic carbocycles. The maximum atomic E-state index is 5.44. The number of aryl methyl sites for hydroxylation is 3. The van der Waals surface area contributed by atoms with Gasteiger partial charge in [0, 0.05) is 35.6 Å². The van der Waals surface area contributed by atoms with Gasteiger partial charge < -0.3 is 9.09 Å². The highest BCUT2D eigenvalue weighted by Gasteiger charge is 2.28. The van der Waals surface area contributed by atoms with Gasteiger partial charge in [-0.25, -0.2) is 0 Å². The molecule has 166 valence electrons. The van der Waals surface area contributed by atoms with Crippen LogP contribution in [0.4, 0.5) is 0 Å². The zero-order chi connectivity index (χ0) is 22.3. The van der Waals surface area contributed by atoms with Crippen LogP contribution in [0.1, 0.15) is 63.0 Å². The first-order chi connectivity index (χ1) is 15.5. The maximum Gasteiger partial charge on any atom is 0.141 e. The summed E-state index contributed by atoms with van der Waals surface area (Å²) in [6.45, 7) is 9.66. The van der Waals surface area contributed by atoms with Crippen molar-refractivity contribution in [3.8, 4) is 22.3 Å². The lowest BCUT2D eigenvalue weighted by atomic mass is 9.75. The number of nitrogens with zero attached hydrogens (tertiary/aromatic N) is 3. The molecule has 0 bridgehead atoms. The molecule has 0 aliphatic heterocycles. The summed E-state index contributed by atoms with van der Waals surface area (Å²) in [7, 11) is 0. The van der Waals surface area contributed by atoms with Crippen molar-refractivity contribution in [2.45, 2.75) is 72.8 Å². The summed E-state index contributed by atoms with van der Waals surface area (Å²) in [6.07, 6.45) is 12.0. The van der Waals surface area contributed by atoms with Crippen LogP contribution >= 0.6 is 0 Å². The predicted octanol–water partition coefficient (Wildman–Crippen LogP) is 7.51. The number of pyridine rings is 1. The minimum absolute atomic E-state index is 0.340. The van der Waals surface area contributed by atoms with E-state index in [2.05, 4.69) is 60.1 Å². The lowest BCUT2D eigenvalue weighted by Crippen LogP contribution is -2.25. The van der Waals surface area contributed by atoms with E-state index in [0.29, 0.717) is 5.41 Å². The number of rotatable bonds is 5. The van der Waals surface area contributed by atoms with Crippen LogP contribution in [-0.2, 0) is 13.0 Å². The third-order valence-electron chi connectivity index (χ3n) is 7.33. The Labute approximate surface area is 190 Å². The molecule has 4 aromatic rings. The number of aromatic nitrogens is 3. The Morgan fingerprint density at radius 1 is 1.03 bits per heavy atom. The Morgan fingerprint density at radius 3 is 2.44 bits per heavy atom. The molecule has 3 aromatic heterocycles. The van der Waals surface area contributed by atoms with Crippen LogP contribution in [0.5, 0.6) is 0 Å². The van der Waals surface area contributed by atoms with E-state index in [1.807, 2.05) is 20.0 Å². The zero-order valence-corrected chi connectivity index (χ0v) is 19.7. The van der Waals surface area contributed by atoms with E-state index in [9.17, 15) is 0 Å². The van der Waals surface area contributed by atoms with Crippen molar-refractivity contribution in [1.82, 2.24) is 14.7 Å². The van der Waals surface area contributed by atoms with E-state index >= 15 is 0 Å². The van der Waals surface area contributed by atoms with Crippen LogP contribution in [0.2, 0.25) is 0 Å². The molecule has 0 N–H and O–H groups in total. The molecule has 0 spiro atoms. The molecule has 0 unspecified atom stereocenters. The molecule has 1 saturated carbocycles. The molecule has 0 amide bonds. The molecule has 4 nitrogen and oxygen atoms in total. The molecule has 1 aliphatic carbocycles. The van der Waals surface area contributed by atoms with Crippen LogP contribution < -0.4 is 0 Å². The van der Waals surface area contributed by atoms with Gasteiger partial charge in [0.25, 0.3) is 0 Å². The Bertz CT molecular complexity index is 1220. The van der Waals surface area contributed by atoms with E-state index in [0.717, 1.165) is 41.1 Å². The number of fused-ring (bicyclic) bond motifs is 1. The van der Waals surface area contributed by atoms with Gasteiger partial charge in [-0.3, -0.25) is 4.98 Å². The normalized spacial score (nSPS) is 16.0. The summed E-state index contributed by atoms with van der Waals surface area (Å²) >= 11 is 0. The summed E-state index contributed by atoms with van der Waals surface area (Å²) in [5.41, 5.74) is 9.47. The van der Waals surface area contributed by atoms with E-state index in [1.165, 1.54) is 54.3 Å². The van der Waals surface area contributed by atoms with Gasteiger partial charge in [0.05, 0.1) is 16.7 Å². The van der Waals surface area contributed by atoms with Crippen molar-refractivity contribution in [2.24, 2.45) is 5.41 Å². The van der Waals surface area contributed by atoms with Crippen molar-refractivity contribution >= 4 is 11.0 Å². The molecular weight excluding hydrogens is 394 g/mol. The van der Waals surface area contributed by atoms with Crippen molar-refractivity contribution in [3.05, 3.63) is 59.7 Å². The SMILES string of the molecule is CCc1ccc(-c2cn(CC3(C)CCCCC3)c3cc(-c4c(C)noc4C)cnc23)cc1. The van der Waals surface area contributed by atoms with Crippen LogP contribution in [0, 0.1) is 19.3 Å². The Morgan fingerprint density at radius 2 is 1.78 bits per heavy atom. The van der Waals surface area contributed by atoms with E-state index in [4.69, 9.17) is 9.51 Å². The molecule has 1 aliphatic rings. The summed E-state index contributed by atoms with van der Waals surface area (Å²) in [6, 6.07) is 11.2. The monoisotopic (exact) mass is 427 g/mol. The standard InChI is InChI=1S/C28H33N3O/c1-5-21-9-11-22(12-10-21)24-17-31(18-28(4)13-7-6-8-14-28)25-15-23(16-29-27(24)25)26-19(2)30-32-20(26)3/h9-12,15-17H,5-8,13-14,18H2,1-4H3. The topological polar surface area (TPSA) is 43.9 Å². The molecule has 3 heterocycles. The fraction of sp³-hybridized carbons (Fsp3) is 0.429. The number of hydrogen-bond donors (Lipinski definition) is 0. The summed E-state index contributed by atoms with van der Waals surface area (Å²) in [5.74, 6) is 0.844. The van der Waals surface area contributed by atoms with Crippen molar-refractivity contribution in [3.63, 3.8) is 0 Å². The first kappa shape index (κ1) is 21.0. The van der Waals surface area contributed by atoms with Gasteiger partial charge in [-0.2, -0.15) is 0 Å². The molecule has 0 saturated heterocycles. The first-order valence-electron chi connectivity index (χ1n) is 12.0. The minimum Gasteiger partial charge on any atom is -0.361 e. The third-order valence-corrected chi connectivity index (χ3v) is 7.33. The molecule has 4 heteroatoms. The zero-order valence-electron chi connectivity index (χ0n) is 19.7. The van der Waals surface area contributed by atoms with Gasteiger partial charge in [0.15, 0.2) is 0 Å². The smallest absolute Gasteiger partial charge is 0.141 e. The predicted molar refractivity (Wildman–Crippen MR) is 131 cm³/mol. The van der Waals surface area contributed by atoms with E-state index in [1.54, 1.807) is 0 Å². The van der Waals surface area contributed by atoms with Gasteiger partial charge in [-0.15, -0.1) is 0 Å². The van der Waals surface area contributed by atoms with E-state index in [-0.39, 0.29) is 0 Å². The summed E-state index contributed by atoms with van der Waals surface area (Å²) in [4.78, 5) is 4.98. The van der Waals surface area contributed by atoms with E-state index < -0.39 is 0 Å². The second-order valence-corrected chi connectivity index (χ2v) is 9.88. The van der Waals surface area contributed by atoms with Crippen molar-refractivity contribution in [2.75, 3.05) is 0 Å². The van der Waals surface area contributed by atoms with Crippen LogP contribution in [-0.4, -0.2) is 14.7 Å². The van der Waals surface area contributed by atoms with Gasteiger partial charge >= 0.3 is 0 Å². The Kier molecular flexibility index (Phi) is 5.40. The summed E-state index contributed by atoms with van der Waals surface area (Å²) in [5, 5.41) is 4.16. The van der Waals surface area contributed by atoms with Gasteiger partial charge in [0.1, 0.15) is 5.76 Å². The Balaban J connectivity index is 1.65. The van der Waals surface area contributed by atoms with Gasteiger partial charge in [0.2, 0.25) is 0 Å². The number of hydrogen-bond acceptors (Lipinski definition) is 3.